The van der Waals surface area contributed by atoms with Gasteiger partial charge in [0, 0.05) is 6.42 Å². The third kappa shape index (κ3) is 1.31. The highest BCUT2D eigenvalue weighted by molar-refractivity contribution is 6.43. The van der Waals surface area contributed by atoms with Gasteiger partial charge in [0.05, 0.1) is 5.56 Å². The number of hydrogen-bond acceptors (Lipinski definition) is 1. The maximum atomic E-state index is 11.3. The van der Waals surface area contributed by atoms with Crippen molar-refractivity contribution in [3.8, 4) is 0 Å². The van der Waals surface area contributed by atoms with Gasteiger partial charge in [-0.1, -0.05) is 18.2 Å². The molecular formula is C11H13N2O+. The van der Waals surface area contributed by atoms with Gasteiger partial charge in [0.15, 0.2) is 0 Å². The van der Waals surface area contributed by atoms with E-state index in [9.17, 15) is 4.79 Å². The fourth-order valence-corrected chi connectivity index (χ4v) is 1.90. The van der Waals surface area contributed by atoms with E-state index in [1.54, 1.807) is 0 Å². The van der Waals surface area contributed by atoms with E-state index in [1.165, 1.54) is 5.56 Å². The summed E-state index contributed by atoms with van der Waals surface area (Å²) in [6.45, 7) is 0.856. The molecule has 14 heavy (non-hydrogen) atoms. The van der Waals surface area contributed by atoms with Crippen LogP contribution in [0.3, 0.4) is 0 Å². The summed E-state index contributed by atoms with van der Waals surface area (Å²) < 4.78 is 1.92. The fraction of sp³-hybridized carbons (Fsp3) is 0.273. The minimum atomic E-state index is -0.348. The number of amides is 1. The lowest BCUT2D eigenvalue weighted by molar-refractivity contribution is -0.496. The number of primary amides is 1. The van der Waals surface area contributed by atoms with Crippen LogP contribution in [0, 0.1) is 0 Å². The van der Waals surface area contributed by atoms with Gasteiger partial charge in [-0.15, -0.1) is 0 Å². The van der Waals surface area contributed by atoms with Gasteiger partial charge >= 0.3 is 5.91 Å². The molecule has 1 aromatic carbocycles. The van der Waals surface area contributed by atoms with Gasteiger partial charge in [0.1, 0.15) is 13.6 Å². The second-order valence-electron chi connectivity index (χ2n) is 3.54. The lowest BCUT2D eigenvalue weighted by atomic mass is 9.97. The van der Waals surface area contributed by atoms with Gasteiger partial charge in [-0.05, 0) is 11.6 Å². The Kier molecular flexibility index (Phi) is 2.08. The van der Waals surface area contributed by atoms with Gasteiger partial charge in [0.2, 0.25) is 0 Å². The molecule has 0 saturated carbocycles. The summed E-state index contributed by atoms with van der Waals surface area (Å²) in [5, 5.41) is 0. The number of carbonyl (C=O) groups is 1. The minimum Gasteiger partial charge on any atom is -0.360 e. The Balaban J connectivity index is 2.62. The summed E-state index contributed by atoms with van der Waals surface area (Å²) in [6, 6.07) is 7.92. The molecule has 1 aliphatic heterocycles. The molecule has 2 N–H and O–H groups in total. The first-order chi connectivity index (χ1) is 6.70. The zero-order valence-corrected chi connectivity index (χ0v) is 8.16. The van der Waals surface area contributed by atoms with Crippen molar-refractivity contribution in [1.29, 1.82) is 0 Å². The van der Waals surface area contributed by atoms with E-state index in [4.69, 9.17) is 5.73 Å². The van der Waals surface area contributed by atoms with E-state index in [1.807, 2.05) is 35.9 Å². The van der Waals surface area contributed by atoms with Crippen LogP contribution in [0.2, 0.25) is 0 Å². The highest BCUT2D eigenvalue weighted by atomic mass is 16.1. The summed E-state index contributed by atoms with van der Waals surface area (Å²) in [4.78, 5) is 11.3. The normalized spacial score (nSPS) is 15.2. The maximum Gasteiger partial charge on any atom is 0.313 e. The third-order valence-electron chi connectivity index (χ3n) is 2.60. The number of benzene rings is 1. The first-order valence-electron chi connectivity index (χ1n) is 4.66. The van der Waals surface area contributed by atoms with E-state index >= 15 is 0 Å². The molecule has 0 saturated heterocycles. The van der Waals surface area contributed by atoms with Crippen molar-refractivity contribution in [2.45, 2.75) is 6.42 Å². The summed E-state index contributed by atoms with van der Waals surface area (Å²) >= 11 is 0. The Morgan fingerprint density at radius 3 is 2.86 bits per heavy atom. The van der Waals surface area contributed by atoms with Gasteiger partial charge in [-0.25, -0.2) is 4.58 Å². The molecule has 0 fully saturated rings. The van der Waals surface area contributed by atoms with Gasteiger partial charge in [-0.2, -0.15) is 0 Å². The molecule has 0 aromatic heterocycles. The quantitative estimate of drug-likeness (QED) is 0.628. The molecule has 72 valence electrons. The Morgan fingerprint density at radius 2 is 2.14 bits per heavy atom. The second kappa shape index (κ2) is 3.25. The number of nitrogens with zero attached hydrogens (tertiary/aromatic N) is 1. The van der Waals surface area contributed by atoms with Crippen molar-refractivity contribution in [1.82, 2.24) is 0 Å². The average molecular weight is 189 g/mol. The number of fused-ring (bicyclic) bond motifs is 1. The van der Waals surface area contributed by atoms with Crippen LogP contribution >= 0.6 is 0 Å². The molecule has 0 unspecified atom stereocenters. The summed E-state index contributed by atoms with van der Waals surface area (Å²) in [7, 11) is 1.90. The molecule has 2 rings (SSSR count). The number of likely N-dealkylation sites (N-methyl/N-ethyl adjacent to an activating group) is 1. The average Bonchev–Trinajstić information content (AvgIpc) is 2.17. The molecule has 1 aromatic rings. The number of nitrogens with two attached hydrogens (primary N) is 1. The Hall–Kier alpha value is -1.64. The van der Waals surface area contributed by atoms with E-state index < -0.39 is 0 Å². The highest BCUT2D eigenvalue weighted by Crippen LogP contribution is 2.14. The Bertz CT molecular complexity index is 421. The predicted molar refractivity (Wildman–Crippen MR) is 54.5 cm³/mol. The molecule has 3 heteroatoms. The second-order valence-corrected chi connectivity index (χ2v) is 3.54. The molecule has 3 nitrogen and oxygen atoms in total. The van der Waals surface area contributed by atoms with Gasteiger partial charge in [-0.3, -0.25) is 4.79 Å². The lowest BCUT2D eigenvalue weighted by Gasteiger charge is -2.13. The number of hydrogen-bond donors (Lipinski definition) is 1. The predicted octanol–water partition coefficient (Wildman–Crippen LogP) is 0.159. The summed E-state index contributed by atoms with van der Waals surface area (Å²) in [5.74, 6) is -0.348. The molecule has 1 amide bonds. The van der Waals surface area contributed by atoms with Crippen molar-refractivity contribution >= 4 is 11.6 Å². The number of carbonyl (C=O) groups excluding carboxylic acids is 1. The first-order valence-corrected chi connectivity index (χ1v) is 4.66. The lowest BCUT2D eigenvalue weighted by Crippen LogP contribution is -2.37. The van der Waals surface area contributed by atoms with Crippen molar-refractivity contribution in [3.63, 3.8) is 0 Å². The molecule has 0 spiro atoms. The van der Waals surface area contributed by atoms with Crippen molar-refractivity contribution < 1.29 is 9.37 Å². The molecule has 0 bridgehead atoms. The van der Waals surface area contributed by atoms with Gasteiger partial charge in [0.25, 0.3) is 5.71 Å². The van der Waals surface area contributed by atoms with Crippen LogP contribution in [0.25, 0.3) is 0 Å². The van der Waals surface area contributed by atoms with Crippen LogP contribution < -0.4 is 5.73 Å². The van der Waals surface area contributed by atoms with Crippen LogP contribution in [0.4, 0.5) is 0 Å². The van der Waals surface area contributed by atoms with Crippen molar-refractivity contribution in [2.75, 3.05) is 13.6 Å². The van der Waals surface area contributed by atoms with E-state index in [0.29, 0.717) is 5.71 Å². The Labute approximate surface area is 82.9 Å². The monoisotopic (exact) mass is 189 g/mol. The van der Waals surface area contributed by atoms with E-state index in [-0.39, 0.29) is 5.91 Å². The SMILES string of the molecule is C[N+]1=C(C(N)=O)c2ccccc2CC1. The van der Waals surface area contributed by atoms with Crippen LogP contribution in [-0.4, -0.2) is 29.8 Å². The topological polar surface area (TPSA) is 46.1 Å². The zero-order chi connectivity index (χ0) is 10.1. The molecule has 1 aliphatic rings. The fourth-order valence-electron chi connectivity index (χ4n) is 1.90. The van der Waals surface area contributed by atoms with Gasteiger partial charge < -0.3 is 5.73 Å². The molecule has 1 heterocycles. The standard InChI is InChI=1S/C11H12N2O/c1-13-7-6-8-4-2-3-5-9(8)10(13)11(12)14/h2-5H,6-7H2,1H3,(H-,12,14)/p+1. The zero-order valence-electron chi connectivity index (χ0n) is 8.16. The highest BCUT2D eigenvalue weighted by Gasteiger charge is 2.26. The smallest absolute Gasteiger partial charge is 0.313 e. The first kappa shape index (κ1) is 8.94. The molecular weight excluding hydrogens is 176 g/mol. The molecule has 0 aliphatic carbocycles. The molecule has 0 radical (unpaired) electrons. The summed E-state index contributed by atoms with van der Waals surface area (Å²) in [6.07, 6.45) is 0.976. The van der Waals surface area contributed by atoms with E-state index in [2.05, 4.69) is 0 Å². The maximum absolute atomic E-state index is 11.3. The van der Waals surface area contributed by atoms with Crippen LogP contribution in [0.1, 0.15) is 11.1 Å². The van der Waals surface area contributed by atoms with Crippen LogP contribution in [0.5, 0.6) is 0 Å². The van der Waals surface area contributed by atoms with Crippen LogP contribution in [0.15, 0.2) is 24.3 Å². The number of rotatable bonds is 1. The van der Waals surface area contributed by atoms with Crippen molar-refractivity contribution in [2.24, 2.45) is 5.73 Å². The minimum absolute atomic E-state index is 0.348. The van der Waals surface area contributed by atoms with Crippen molar-refractivity contribution in [3.05, 3.63) is 35.4 Å². The molecule has 0 atom stereocenters. The largest absolute Gasteiger partial charge is 0.360 e. The van der Waals surface area contributed by atoms with E-state index in [0.717, 1.165) is 18.5 Å². The Morgan fingerprint density at radius 1 is 1.43 bits per heavy atom. The van der Waals surface area contributed by atoms with Crippen LogP contribution in [-0.2, 0) is 11.2 Å². The third-order valence-corrected chi connectivity index (χ3v) is 2.60. The summed E-state index contributed by atoms with van der Waals surface area (Å²) in [5.41, 5.74) is 8.17.